The minimum atomic E-state index is -0.706. The molecular weight excluding hydrogens is 518 g/mol. The van der Waals surface area contributed by atoms with Crippen LogP contribution in [0.25, 0.3) is 0 Å². The molecule has 5 rings (SSSR count). The van der Waals surface area contributed by atoms with E-state index in [1.54, 1.807) is 7.11 Å². The summed E-state index contributed by atoms with van der Waals surface area (Å²) in [5.74, 6) is 0.752. The summed E-state index contributed by atoms with van der Waals surface area (Å²) in [6.45, 7) is 1.54. The number of carbonyl (C=O) groups is 3. The van der Waals surface area contributed by atoms with Gasteiger partial charge in [0.1, 0.15) is 17.6 Å². The summed E-state index contributed by atoms with van der Waals surface area (Å²) < 4.78 is 10.9. The van der Waals surface area contributed by atoms with E-state index >= 15 is 0 Å². The molecule has 3 aliphatic heterocycles. The average molecular weight is 550 g/mol. The van der Waals surface area contributed by atoms with Crippen LogP contribution in [0.3, 0.4) is 0 Å². The van der Waals surface area contributed by atoms with Gasteiger partial charge in [0, 0.05) is 37.2 Å². The summed E-state index contributed by atoms with van der Waals surface area (Å²) in [6.07, 6.45) is 2.42. The van der Waals surface area contributed by atoms with Crippen molar-refractivity contribution in [3.63, 3.8) is 0 Å². The number of para-hydroxylation sites is 2. The normalized spacial score (nSPS) is 19.6. The van der Waals surface area contributed by atoms with Gasteiger partial charge in [-0.25, -0.2) is 9.89 Å². The SMILES string of the molecule is COc1ccccc1CNC(=O)CC[C@H]1N=C2c3ccccc3N=C(SCC(=O)NC[C@@H]3CCCO3)N2C1=O. The van der Waals surface area contributed by atoms with Crippen LogP contribution in [0.1, 0.15) is 36.8 Å². The maximum Gasteiger partial charge on any atom is 0.259 e. The van der Waals surface area contributed by atoms with E-state index < -0.39 is 6.04 Å². The van der Waals surface area contributed by atoms with Crippen molar-refractivity contribution in [1.82, 2.24) is 15.5 Å². The molecule has 2 N–H and O–H groups in total. The van der Waals surface area contributed by atoms with Crippen molar-refractivity contribution in [3.05, 3.63) is 59.7 Å². The molecule has 0 bridgehead atoms. The van der Waals surface area contributed by atoms with Crippen LogP contribution in [-0.2, 0) is 25.7 Å². The van der Waals surface area contributed by atoms with Crippen molar-refractivity contribution in [3.8, 4) is 5.75 Å². The van der Waals surface area contributed by atoms with Crippen LogP contribution < -0.4 is 15.4 Å². The molecule has 1 fully saturated rings. The van der Waals surface area contributed by atoms with E-state index in [0.29, 0.717) is 35.5 Å². The number of ether oxygens (including phenoxy) is 2. The first kappa shape index (κ1) is 26.9. The highest BCUT2D eigenvalue weighted by Crippen LogP contribution is 2.34. The molecule has 0 saturated carbocycles. The molecule has 1 saturated heterocycles. The molecular formula is C28H31N5O5S. The molecule has 0 aromatic heterocycles. The first-order valence-corrected chi connectivity index (χ1v) is 14.0. The Labute approximate surface area is 231 Å². The summed E-state index contributed by atoms with van der Waals surface area (Å²) >= 11 is 1.20. The van der Waals surface area contributed by atoms with Gasteiger partial charge in [0.15, 0.2) is 5.17 Å². The van der Waals surface area contributed by atoms with Crippen LogP contribution in [0, 0.1) is 0 Å². The Morgan fingerprint density at radius 3 is 2.77 bits per heavy atom. The summed E-state index contributed by atoms with van der Waals surface area (Å²) in [4.78, 5) is 49.3. The summed E-state index contributed by atoms with van der Waals surface area (Å²) in [5, 5.41) is 6.20. The van der Waals surface area contributed by atoms with E-state index in [2.05, 4.69) is 15.6 Å². The number of rotatable bonds is 10. The lowest BCUT2D eigenvalue weighted by Gasteiger charge is -2.25. The number of benzene rings is 2. The van der Waals surface area contributed by atoms with E-state index in [-0.39, 0.29) is 42.4 Å². The number of hydrogen-bond donors (Lipinski definition) is 2. The number of fused-ring (bicyclic) bond motifs is 3. The number of amides is 3. The van der Waals surface area contributed by atoms with Crippen LogP contribution in [-0.4, -0.2) is 71.8 Å². The monoisotopic (exact) mass is 549 g/mol. The van der Waals surface area contributed by atoms with Gasteiger partial charge in [-0.15, -0.1) is 0 Å². The fourth-order valence-corrected chi connectivity index (χ4v) is 5.53. The Morgan fingerprint density at radius 1 is 1.13 bits per heavy atom. The second-order valence-corrected chi connectivity index (χ2v) is 10.4. The van der Waals surface area contributed by atoms with Crippen LogP contribution in [0.2, 0.25) is 0 Å². The van der Waals surface area contributed by atoms with Crippen molar-refractivity contribution in [2.45, 2.75) is 44.4 Å². The Bertz CT molecular complexity index is 1310. The molecule has 2 aromatic rings. The quantitative estimate of drug-likeness (QED) is 0.470. The molecule has 3 aliphatic rings. The number of hydrogen-bond acceptors (Lipinski definition) is 8. The Kier molecular flexibility index (Phi) is 8.58. The molecule has 0 unspecified atom stereocenters. The van der Waals surface area contributed by atoms with Crippen LogP contribution in [0.4, 0.5) is 5.69 Å². The van der Waals surface area contributed by atoms with E-state index in [9.17, 15) is 14.4 Å². The van der Waals surface area contributed by atoms with Gasteiger partial charge in [-0.1, -0.05) is 42.1 Å². The first-order valence-electron chi connectivity index (χ1n) is 13.0. The third-order valence-corrected chi connectivity index (χ3v) is 7.68. The van der Waals surface area contributed by atoms with E-state index in [4.69, 9.17) is 14.5 Å². The maximum atomic E-state index is 13.4. The summed E-state index contributed by atoms with van der Waals surface area (Å²) in [7, 11) is 1.59. The van der Waals surface area contributed by atoms with Gasteiger partial charge in [-0.3, -0.25) is 19.4 Å². The fourth-order valence-electron chi connectivity index (χ4n) is 4.70. The number of methoxy groups -OCH3 is 1. The Morgan fingerprint density at radius 2 is 1.95 bits per heavy atom. The van der Waals surface area contributed by atoms with E-state index in [1.165, 1.54) is 16.7 Å². The second kappa shape index (κ2) is 12.4. The maximum absolute atomic E-state index is 13.4. The van der Waals surface area contributed by atoms with E-state index in [0.717, 1.165) is 30.6 Å². The van der Waals surface area contributed by atoms with Crippen LogP contribution >= 0.6 is 11.8 Å². The molecule has 3 amide bonds. The number of carbonyl (C=O) groups excluding carboxylic acids is 3. The molecule has 0 radical (unpaired) electrons. The van der Waals surface area contributed by atoms with Gasteiger partial charge in [-0.2, -0.15) is 0 Å². The predicted octanol–water partition coefficient (Wildman–Crippen LogP) is 2.78. The average Bonchev–Trinajstić information content (AvgIpc) is 3.61. The third kappa shape index (κ3) is 6.31. The van der Waals surface area contributed by atoms with Crippen molar-refractivity contribution >= 4 is 46.2 Å². The van der Waals surface area contributed by atoms with E-state index in [1.807, 2.05) is 48.5 Å². The fraction of sp³-hybridized carbons (Fsp3) is 0.393. The smallest absolute Gasteiger partial charge is 0.259 e. The lowest BCUT2D eigenvalue weighted by Crippen LogP contribution is -2.42. The van der Waals surface area contributed by atoms with Crippen molar-refractivity contribution < 1.29 is 23.9 Å². The van der Waals surface area contributed by atoms with Gasteiger partial charge < -0.3 is 20.1 Å². The molecule has 204 valence electrons. The molecule has 11 heteroatoms. The zero-order valence-electron chi connectivity index (χ0n) is 21.7. The molecule has 3 heterocycles. The zero-order valence-corrected chi connectivity index (χ0v) is 22.5. The molecule has 0 spiro atoms. The molecule has 39 heavy (non-hydrogen) atoms. The Balaban J connectivity index is 1.20. The second-order valence-electron chi connectivity index (χ2n) is 9.41. The molecule has 2 atom stereocenters. The number of nitrogens with zero attached hydrogens (tertiary/aromatic N) is 3. The van der Waals surface area contributed by atoms with Gasteiger partial charge in [0.2, 0.25) is 11.8 Å². The standard InChI is InChI=1S/C28H31N5O5S/c1-37-23-11-5-2-7-18(23)15-29-24(34)13-12-22-27(36)33-26(31-22)20-9-3-4-10-21(20)32-28(33)39-17-25(35)30-16-19-8-6-14-38-19/h2-5,7,9-11,19,22H,6,8,12-17H2,1H3,(H,29,34)(H,30,35)/t19-,22+/m0/s1. The lowest BCUT2D eigenvalue weighted by atomic mass is 10.1. The first-order chi connectivity index (χ1) is 19.0. The van der Waals surface area contributed by atoms with Gasteiger partial charge in [0.05, 0.1) is 24.7 Å². The van der Waals surface area contributed by atoms with Gasteiger partial charge in [-0.05, 0) is 37.5 Å². The summed E-state index contributed by atoms with van der Waals surface area (Å²) in [6, 6.07) is 14.3. The van der Waals surface area contributed by atoms with Crippen LogP contribution in [0.15, 0.2) is 58.5 Å². The van der Waals surface area contributed by atoms with Gasteiger partial charge >= 0.3 is 0 Å². The van der Waals surface area contributed by atoms with Crippen molar-refractivity contribution in [1.29, 1.82) is 0 Å². The highest BCUT2D eigenvalue weighted by Gasteiger charge is 2.41. The van der Waals surface area contributed by atoms with Crippen molar-refractivity contribution in [2.75, 3.05) is 26.0 Å². The number of thioether (sulfide) groups is 1. The topological polar surface area (TPSA) is 122 Å². The molecule has 0 aliphatic carbocycles. The summed E-state index contributed by atoms with van der Waals surface area (Å²) in [5.41, 5.74) is 2.32. The minimum Gasteiger partial charge on any atom is -0.496 e. The minimum absolute atomic E-state index is 0.0597. The van der Waals surface area contributed by atoms with Crippen molar-refractivity contribution in [2.24, 2.45) is 9.98 Å². The molecule has 2 aromatic carbocycles. The number of aliphatic imine (C=N–C) groups is 2. The predicted molar refractivity (Wildman–Crippen MR) is 149 cm³/mol. The Hall–Kier alpha value is -3.70. The highest BCUT2D eigenvalue weighted by molar-refractivity contribution is 8.14. The van der Waals surface area contributed by atoms with Crippen LogP contribution in [0.5, 0.6) is 5.75 Å². The van der Waals surface area contributed by atoms with Gasteiger partial charge in [0.25, 0.3) is 5.91 Å². The number of nitrogens with one attached hydrogen (secondary N) is 2. The third-order valence-electron chi connectivity index (χ3n) is 6.74. The lowest BCUT2D eigenvalue weighted by molar-refractivity contribution is -0.125. The highest BCUT2D eigenvalue weighted by atomic mass is 32.2. The largest absolute Gasteiger partial charge is 0.496 e. The zero-order chi connectivity index (χ0) is 27.2. The molecule has 10 nitrogen and oxygen atoms in total. The number of amidine groups is 2.